The van der Waals surface area contributed by atoms with E-state index in [-0.39, 0.29) is 5.91 Å². The number of nitrogens with zero attached hydrogens (tertiary/aromatic N) is 1. The van der Waals surface area contributed by atoms with Gasteiger partial charge in [-0.3, -0.25) is 4.79 Å². The van der Waals surface area contributed by atoms with Crippen LogP contribution in [0.4, 0.5) is 5.69 Å². The lowest BCUT2D eigenvalue weighted by atomic mass is 10.2. The van der Waals surface area contributed by atoms with Gasteiger partial charge in [0.25, 0.3) is 0 Å². The molecule has 0 bridgehead atoms. The van der Waals surface area contributed by atoms with E-state index in [9.17, 15) is 4.79 Å². The number of aromatic nitrogens is 1. The fourth-order valence-corrected chi connectivity index (χ4v) is 1.97. The second kappa shape index (κ2) is 5.23. The van der Waals surface area contributed by atoms with Crippen molar-refractivity contribution in [2.24, 2.45) is 5.73 Å². The Bertz CT molecular complexity index is 557. The number of amides is 1. The lowest BCUT2D eigenvalue weighted by Crippen LogP contribution is -2.32. The number of benzene rings is 1. The van der Waals surface area contributed by atoms with Gasteiger partial charge in [-0.1, -0.05) is 6.92 Å². The Labute approximate surface area is 107 Å². The minimum absolute atomic E-state index is 0.164. The van der Waals surface area contributed by atoms with E-state index in [1.54, 1.807) is 6.92 Å². The van der Waals surface area contributed by atoms with E-state index in [1.807, 2.05) is 18.2 Å². The SMILES string of the molecule is CCCn1ccc2cc(NC(=O)C(C)N)ccc21. The fraction of sp³-hybridized carbons (Fsp3) is 0.357. The summed E-state index contributed by atoms with van der Waals surface area (Å²) in [5, 5.41) is 3.93. The molecule has 0 spiro atoms. The molecule has 0 saturated carbocycles. The Kier molecular flexibility index (Phi) is 3.67. The van der Waals surface area contributed by atoms with Gasteiger partial charge in [0, 0.05) is 29.3 Å². The smallest absolute Gasteiger partial charge is 0.240 e. The van der Waals surface area contributed by atoms with Crippen molar-refractivity contribution in [1.29, 1.82) is 0 Å². The lowest BCUT2D eigenvalue weighted by molar-refractivity contribution is -0.117. The minimum Gasteiger partial charge on any atom is -0.347 e. The van der Waals surface area contributed by atoms with Gasteiger partial charge in [0.2, 0.25) is 5.91 Å². The highest BCUT2D eigenvalue weighted by Gasteiger charge is 2.08. The average Bonchev–Trinajstić information content (AvgIpc) is 2.72. The number of nitrogens with two attached hydrogens (primary N) is 1. The third kappa shape index (κ3) is 2.54. The Morgan fingerprint density at radius 3 is 2.89 bits per heavy atom. The molecule has 1 atom stereocenters. The summed E-state index contributed by atoms with van der Waals surface area (Å²) in [4.78, 5) is 11.5. The minimum atomic E-state index is -0.495. The van der Waals surface area contributed by atoms with Crippen molar-refractivity contribution in [3.05, 3.63) is 30.5 Å². The first-order valence-corrected chi connectivity index (χ1v) is 6.27. The Morgan fingerprint density at radius 2 is 2.22 bits per heavy atom. The summed E-state index contributed by atoms with van der Waals surface area (Å²) in [6.45, 7) is 4.84. The molecule has 1 amide bonds. The van der Waals surface area contributed by atoms with E-state index >= 15 is 0 Å². The van der Waals surface area contributed by atoms with Crippen LogP contribution in [0.2, 0.25) is 0 Å². The van der Waals surface area contributed by atoms with Gasteiger partial charge in [0.1, 0.15) is 0 Å². The fourth-order valence-electron chi connectivity index (χ4n) is 1.97. The van der Waals surface area contributed by atoms with Gasteiger partial charge < -0.3 is 15.6 Å². The molecule has 0 saturated heterocycles. The molecule has 18 heavy (non-hydrogen) atoms. The van der Waals surface area contributed by atoms with Gasteiger partial charge >= 0.3 is 0 Å². The Hall–Kier alpha value is -1.81. The molecule has 0 aliphatic heterocycles. The van der Waals surface area contributed by atoms with Crippen molar-refractivity contribution in [2.45, 2.75) is 32.9 Å². The van der Waals surface area contributed by atoms with E-state index in [0.717, 1.165) is 24.0 Å². The van der Waals surface area contributed by atoms with Crippen LogP contribution in [0.1, 0.15) is 20.3 Å². The quantitative estimate of drug-likeness (QED) is 0.868. The van der Waals surface area contributed by atoms with E-state index in [0.29, 0.717) is 0 Å². The van der Waals surface area contributed by atoms with Crippen molar-refractivity contribution in [3.63, 3.8) is 0 Å². The summed E-state index contributed by atoms with van der Waals surface area (Å²) in [6, 6.07) is 7.48. The van der Waals surface area contributed by atoms with Crippen LogP contribution in [0.25, 0.3) is 10.9 Å². The third-order valence-electron chi connectivity index (χ3n) is 2.92. The summed E-state index contributed by atoms with van der Waals surface area (Å²) in [7, 11) is 0. The monoisotopic (exact) mass is 245 g/mol. The van der Waals surface area contributed by atoms with E-state index < -0.39 is 6.04 Å². The molecule has 4 nitrogen and oxygen atoms in total. The van der Waals surface area contributed by atoms with E-state index in [1.165, 1.54) is 5.52 Å². The molecule has 2 rings (SSSR count). The summed E-state index contributed by atoms with van der Waals surface area (Å²) < 4.78 is 2.21. The van der Waals surface area contributed by atoms with Gasteiger partial charge in [-0.05, 0) is 37.6 Å². The highest BCUT2D eigenvalue weighted by atomic mass is 16.2. The summed E-state index contributed by atoms with van der Waals surface area (Å²) >= 11 is 0. The van der Waals surface area contributed by atoms with Crippen molar-refractivity contribution >= 4 is 22.5 Å². The van der Waals surface area contributed by atoms with Gasteiger partial charge in [0.15, 0.2) is 0 Å². The number of nitrogens with one attached hydrogen (secondary N) is 1. The molecular weight excluding hydrogens is 226 g/mol. The lowest BCUT2D eigenvalue weighted by Gasteiger charge is -2.08. The predicted octanol–water partition coefficient (Wildman–Crippen LogP) is 2.34. The highest BCUT2D eigenvalue weighted by molar-refractivity contribution is 5.96. The van der Waals surface area contributed by atoms with E-state index in [4.69, 9.17) is 5.73 Å². The molecule has 2 aromatic rings. The van der Waals surface area contributed by atoms with Crippen molar-refractivity contribution in [3.8, 4) is 0 Å². The van der Waals surface area contributed by atoms with Crippen LogP contribution in [0.5, 0.6) is 0 Å². The molecule has 1 aromatic heterocycles. The number of aryl methyl sites for hydroxylation is 1. The topological polar surface area (TPSA) is 60.0 Å². The third-order valence-corrected chi connectivity index (χ3v) is 2.92. The molecule has 0 radical (unpaired) electrons. The molecule has 1 unspecified atom stereocenters. The van der Waals surface area contributed by atoms with Crippen LogP contribution >= 0.6 is 0 Å². The predicted molar refractivity (Wildman–Crippen MR) is 74.5 cm³/mol. The number of hydrogen-bond donors (Lipinski definition) is 2. The van der Waals surface area contributed by atoms with Crippen LogP contribution in [-0.4, -0.2) is 16.5 Å². The molecule has 96 valence electrons. The molecule has 0 fully saturated rings. The maximum absolute atomic E-state index is 11.5. The van der Waals surface area contributed by atoms with Crippen LogP contribution in [0.15, 0.2) is 30.5 Å². The number of fused-ring (bicyclic) bond motifs is 1. The van der Waals surface area contributed by atoms with Gasteiger partial charge in [-0.2, -0.15) is 0 Å². The molecule has 1 heterocycles. The van der Waals surface area contributed by atoms with Gasteiger partial charge in [-0.15, -0.1) is 0 Å². The number of anilines is 1. The first-order valence-electron chi connectivity index (χ1n) is 6.27. The zero-order valence-electron chi connectivity index (χ0n) is 10.8. The molecule has 1 aromatic carbocycles. The largest absolute Gasteiger partial charge is 0.347 e. The Balaban J connectivity index is 2.26. The van der Waals surface area contributed by atoms with Crippen molar-refractivity contribution in [2.75, 3.05) is 5.32 Å². The maximum atomic E-state index is 11.5. The maximum Gasteiger partial charge on any atom is 0.240 e. The molecule has 4 heteroatoms. The molecular formula is C14H19N3O. The summed E-state index contributed by atoms with van der Waals surface area (Å²) in [5.41, 5.74) is 7.51. The van der Waals surface area contributed by atoms with E-state index in [2.05, 4.69) is 29.1 Å². The highest BCUT2D eigenvalue weighted by Crippen LogP contribution is 2.20. The molecule has 3 N–H and O–H groups in total. The van der Waals surface area contributed by atoms with Crippen LogP contribution in [0, 0.1) is 0 Å². The summed E-state index contributed by atoms with van der Waals surface area (Å²) in [5.74, 6) is -0.164. The number of carbonyl (C=O) groups is 1. The first-order chi connectivity index (χ1) is 8.61. The number of hydrogen-bond acceptors (Lipinski definition) is 2. The first kappa shape index (κ1) is 12.6. The molecule has 0 aliphatic rings. The van der Waals surface area contributed by atoms with Crippen molar-refractivity contribution < 1.29 is 4.79 Å². The van der Waals surface area contributed by atoms with Gasteiger partial charge in [-0.25, -0.2) is 0 Å². The standard InChI is InChI=1S/C14H19N3O/c1-3-7-17-8-6-11-9-12(4-5-13(11)17)16-14(18)10(2)15/h4-6,8-10H,3,7,15H2,1-2H3,(H,16,18). The number of carbonyl (C=O) groups excluding carboxylic acids is 1. The summed E-state index contributed by atoms with van der Waals surface area (Å²) in [6.07, 6.45) is 3.18. The van der Waals surface area contributed by atoms with Crippen LogP contribution in [-0.2, 0) is 11.3 Å². The second-order valence-electron chi connectivity index (χ2n) is 4.56. The Morgan fingerprint density at radius 1 is 1.44 bits per heavy atom. The van der Waals surface area contributed by atoms with Gasteiger partial charge in [0.05, 0.1) is 6.04 Å². The van der Waals surface area contributed by atoms with Crippen LogP contribution in [0.3, 0.4) is 0 Å². The second-order valence-corrected chi connectivity index (χ2v) is 4.56. The van der Waals surface area contributed by atoms with Crippen molar-refractivity contribution in [1.82, 2.24) is 4.57 Å². The zero-order chi connectivity index (χ0) is 13.1. The normalized spacial score (nSPS) is 12.6. The molecule has 0 aliphatic carbocycles. The average molecular weight is 245 g/mol. The number of rotatable bonds is 4. The van der Waals surface area contributed by atoms with Crippen LogP contribution < -0.4 is 11.1 Å². The zero-order valence-corrected chi connectivity index (χ0v) is 10.8.